The van der Waals surface area contributed by atoms with E-state index in [0.717, 1.165) is 5.56 Å². The summed E-state index contributed by atoms with van der Waals surface area (Å²) in [5.74, 6) is -0.864. The van der Waals surface area contributed by atoms with Gasteiger partial charge in [-0.25, -0.2) is 18.7 Å². The lowest BCUT2D eigenvalue weighted by Crippen LogP contribution is -2.15. The van der Waals surface area contributed by atoms with Crippen LogP contribution in [0.3, 0.4) is 0 Å². The fourth-order valence-electron chi connectivity index (χ4n) is 3.69. The number of anilines is 1. The molecule has 29 heavy (non-hydrogen) atoms. The Kier molecular flexibility index (Phi) is 4.69. The van der Waals surface area contributed by atoms with Gasteiger partial charge in [0.2, 0.25) is 11.8 Å². The highest BCUT2D eigenvalue weighted by molar-refractivity contribution is 5.55. The first-order valence-electron chi connectivity index (χ1n) is 9.19. The van der Waals surface area contributed by atoms with Crippen LogP contribution in [0, 0.1) is 28.7 Å². The Bertz CT molecular complexity index is 1110. The largest absolute Gasteiger partial charge is 0.347 e. The quantitative estimate of drug-likeness (QED) is 0.516. The third kappa shape index (κ3) is 3.30. The number of aromatic nitrogens is 4. The minimum Gasteiger partial charge on any atom is -0.347 e. The number of hydrogen-bond acceptors (Lipinski definition) is 6. The van der Waals surface area contributed by atoms with E-state index in [-0.39, 0.29) is 29.2 Å². The van der Waals surface area contributed by atoms with Gasteiger partial charge in [0, 0.05) is 18.8 Å². The van der Waals surface area contributed by atoms with Gasteiger partial charge < -0.3 is 5.32 Å². The molecule has 0 aliphatic heterocycles. The summed E-state index contributed by atoms with van der Waals surface area (Å²) in [4.78, 5) is 23.9. The molecule has 0 fully saturated rings. The zero-order valence-corrected chi connectivity index (χ0v) is 15.8. The number of imidazole rings is 1. The summed E-state index contributed by atoms with van der Waals surface area (Å²) in [6, 6.07) is 2.07. The van der Waals surface area contributed by atoms with Crippen molar-refractivity contribution < 1.29 is 13.7 Å². The van der Waals surface area contributed by atoms with E-state index in [1.807, 2.05) is 6.92 Å². The Labute approximate surface area is 164 Å². The summed E-state index contributed by atoms with van der Waals surface area (Å²) in [7, 11) is 0. The van der Waals surface area contributed by atoms with Gasteiger partial charge in [0.1, 0.15) is 11.5 Å². The fourth-order valence-corrected chi connectivity index (χ4v) is 3.69. The topological polar surface area (TPSA) is 98.8 Å². The normalized spacial score (nSPS) is 15.4. The molecule has 0 spiro atoms. The van der Waals surface area contributed by atoms with E-state index in [2.05, 4.69) is 20.3 Å². The molecule has 0 bridgehead atoms. The van der Waals surface area contributed by atoms with Crippen molar-refractivity contribution in [3.05, 3.63) is 68.9 Å². The standard InChI is InChI=1S/C19H18F2N6O2/c1-3-16-22-6-7-26(16)18-17(27(28)29)10(2)23-19(25-18)24-15-5-4-11-8-13(20)14(21)9-12(11)15/h6-9,15H,3-5H2,1-2H3,(H,23,24,25). The van der Waals surface area contributed by atoms with Crippen LogP contribution in [-0.4, -0.2) is 24.4 Å². The van der Waals surface area contributed by atoms with Crippen LogP contribution < -0.4 is 5.32 Å². The van der Waals surface area contributed by atoms with E-state index in [1.54, 1.807) is 17.0 Å². The Hall–Kier alpha value is -3.43. The summed E-state index contributed by atoms with van der Waals surface area (Å²) in [5, 5.41) is 14.7. The van der Waals surface area contributed by atoms with Crippen molar-refractivity contribution in [3.63, 3.8) is 0 Å². The molecule has 1 aliphatic rings. The van der Waals surface area contributed by atoms with E-state index in [4.69, 9.17) is 0 Å². The number of halogens is 2. The van der Waals surface area contributed by atoms with Gasteiger partial charge in [-0.15, -0.1) is 0 Å². The number of rotatable bonds is 5. The highest BCUT2D eigenvalue weighted by atomic mass is 19.2. The van der Waals surface area contributed by atoms with Crippen LogP contribution in [0.4, 0.5) is 20.4 Å². The second-order valence-corrected chi connectivity index (χ2v) is 6.83. The van der Waals surface area contributed by atoms with Crippen LogP contribution in [0.1, 0.15) is 42.0 Å². The molecule has 2 aromatic heterocycles. The van der Waals surface area contributed by atoms with Crippen LogP contribution in [0.25, 0.3) is 5.82 Å². The average Bonchev–Trinajstić information content (AvgIpc) is 3.29. The van der Waals surface area contributed by atoms with Crippen molar-refractivity contribution in [2.24, 2.45) is 0 Å². The molecule has 1 aromatic carbocycles. The molecule has 0 saturated carbocycles. The number of aryl methyl sites for hydroxylation is 3. The lowest BCUT2D eigenvalue weighted by atomic mass is 10.1. The highest BCUT2D eigenvalue weighted by Crippen LogP contribution is 2.35. The van der Waals surface area contributed by atoms with Crippen LogP contribution in [0.15, 0.2) is 24.5 Å². The molecule has 10 heteroatoms. The Balaban J connectivity index is 1.76. The SMILES string of the molecule is CCc1nccn1-c1nc(NC2CCc3cc(F)c(F)cc32)nc(C)c1[N+](=O)[O-]. The van der Waals surface area contributed by atoms with Crippen LogP contribution in [0.5, 0.6) is 0 Å². The monoisotopic (exact) mass is 400 g/mol. The van der Waals surface area contributed by atoms with Gasteiger partial charge in [-0.3, -0.25) is 14.7 Å². The third-order valence-electron chi connectivity index (χ3n) is 5.05. The Morgan fingerprint density at radius 3 is 2.79 bits per heavy atom. The number of nitro groups is 1. The van der Waals surface area contributed by atoms with Crippen molar-refractivity contribution in [2.45, 2.75) is 39.2 Å². The van der Waals surface area contributed by atoms with Gasteiger partial charge in [0.15, 0.2) is 11.6 Å². The summed E-state index contributed by atoms with van der Waals surface area (Å²) in [6.07, 6.45) is 4.93. The van der Waals surface area contributed by atoms with Crippen LogP contribution in [-0.2, 0) is 12.8 Å². The minimum atomic E-state index is -0.912. The highest BCUT2D eigenvalue weighted by Gasteiger charge is 2.28. The zero-order valence-electron chi connectivity index (χ0n) is 15.8. The molecule has 1 aliphatic carbocycles. The number of fused-ring (bicyclic) bond motifs is 1. The average molecular weight is 400 g/mol. The van der Waals surface area contributed by atoms with Gasteiger partial charge >= 0.3 is 5.69 Å². The zero-order chi connectivity index (χ0) is 20.7. The maximum absolute atomic E-state index is 13.7. The van der Waals surface area contributed by atoms with Gasteiger partial charge in [0.05, 0.1) is 11.0 Å². The van der Waals surface area contributed by atoms with Crippen molar-refractivity contribution in [2.75, 3.05) is 5.32 Å². The fraction of sp³-hybridized carbons (Fsp3) is 0.316. The Morgan fingerprint density at radius 1 is 1.31 bits per heavy atom. The lowest BCUT2D eigenvalue weighted by molar-refractivity contribution is -0.385. The van der Waals surface area contributed by atoms with Gasteiger partial charge in [-0.05, 0) is 43.0 Å². The molecule has 2 heterocycles. The molecule has 0 amide bonds. The van der Waals surface area contributed by atoms with E-state index in [9.17, 15) is 18.9 Å². The molecule has 0 saturated heterocycles. The summed E-state index contributed by atoms with van der Waals surface area (Å²) < 4.78 is 28.8. The predicted octanol–water partition coefficient (Wildman–Crippen LogP) is 3.82. The second-order valence-electron chi connectivity index (χ2n) is 6.83. The van der Waals surface area contributed by atoms with E-state index in [0.29, 0.717) is 30.7 Å². The summed E-state index contributed by atoms with van der Waals surface area (Å²) in [5.41, 5.74) is 1.36. The molecule has 8 nitrogen and oxygen atoms in total. The van der Waals surface area contributed by atoms with Crippen LogP contribution >= 0.6 is 0 Å². The third-order valence-corrected chi connectivity index (χ3v) is 5.05. The van der Waals surface area contributed by atoms with Crippen molar-refractivity contribution in [1.82, 2.24) is 19.5 Å². The first-order chi connectivity index (χ1) is 13.9. The molecule has 1 N–H and O–H groups in total. The molecule has 1 atom stereocenters. The maximum Gasteiger partial charge on any atom is 0.333 e. The number of hydrogen-bond donors (Lipinski definition) is 1. The van der Waals surface area contributed by atoms with E-state index >= 15 is 0 Å². The van der Waals surface area contributed by atoms with Crippen LogP contribution in [0.2, 0.25) is 0 Å². The molecule has 0 radical (unpaired) electrons. The molecule has 150 valence electrons. The summed E-state index contributed by atoms with van der Waals surface area (Å²) >= 11 is 0. The van der Waals surface area contributed by atoms with Crippen molar-refractivity contribution in [1.29, 1.82) is 0 Å². The molecule has 4 rings (SSSR count). The van der Waals surface area contributed by atoms with E-state index < -0.39 is 16.6 Å². The maximum atomic E-state index is 13.7. The summed E-state index contributed by atoms with van der Waals surface area (Å²) in [6.45, 7) is 3.43. The molecule has 1 unspecified atom stereocenters. The minimum absolute atomic E-state index is 0.114. The van der Waals surface area contributed by atoms with Gasteiger partial charge in [-0.1, -0.05) is 6.92 Å². The number of benzene rings is 1. The molecular formula is C19H18F2N6O2. The van der Waals surface area contributed by atoms with Crippen molar-refractivity contribution in [3.8, 4) is 5.82 Å². The van der Waals surface area contributed by atoms with E-state index in [1.165, 1.54) is 19.1 Å². The van der Waals surface area contributed by atoms with Gasteiger partial charge in [-0.2, -0.15) is 4.98 Å². The predicted molar refractivity (Wildman–Crippen MR) is 101 cm³/mol. The smallest absolute Gasteiger partial charge is 0.333 e. The lowest BCUT2D eigenvalue weighted by Gasteiger charge is -2.16. The molecule has 3 aromatic rings. The second kappa shape index (κ2) is 7.19. The molecular weight excluding hydrogens is 382 g/mol. The Morgan fingerprint density at radius 2 is 2.07 bits per heavy atom. The van der Waals surface area contributed by atoms with Gasteiger partial charge in [0.25, 0.3) is 0 Å². The first-order valence-corrected chi connectivity index (χ1v) is 9.19. The number of nitrogens with zero attached hydrogens (tertiary/aromatic N) is 5. The van der Waals surface area contributed by atoms with Crippen molar-refractivity contribution >= 4 is 11.6 Å². The number of nitrogens with one attached hydrogen (secondary N) is 1. The first kappa shape index (κ1) is 18.9.